The van der Waals surface area contributed by atoms with E-state index in [-0.39, 0.29) is 0 Å². The van der Waals surface area contributed by atoms with Crippen LogP contribution < -0.4 is 0 Å². The summed E-state index contributed by atoms with van der Waals surface area (Å²) in [5.41, 5.74) is 7.10. The van der Waals surface area contributed by atoms with Gasteiger partial charge in [0.25, 0.3) is 0 Å². The Balaban J connectivity index is 2.27. The van der Waals surface area contributed by atoms with Crippen LogP contribution in [-0.4, -0.2) is 6.29 Å². The predicted octanol–water partition coefficient (Wildman–Crippen LogP) is 5.46. The highest BCUT2D eigenvalue weighted by molar-refractivity contribution is 6.20. The van der Waals surface area contributed by atoms with E-state index in [4.69, 9.17) is 0 Å². The SMILES string of the molecule is Cc1ccc(/C(C=O)=C(\c2ccccc2)c2ccc(C)cc2)cc1. The van der Waals surface area contributed by atoms with Gasteiger partial charge in [-0.3, -0.25) is 4.79 Å². The Morgan fingerprint density at radius 3 is 1.58 bits per heavy atom. The van der Waals surface area contributed by atoms with Gasteiger partial charge in [0.15, 0.2) is 6.29 Å². The van der Waals surface area contributed by atoms with Crippen LogP contribution in [-0.2, 0) is 4.79 Å². The van der Waals surface area contributed by atoms with Crippen molar-refractivity contribution in [2.75, 3.05) is 0 Å². The van der Waals surface area contributed by atoms with Crippen LogP contribution >= 0.6 is 0 Å². The van der Waals surface area contributed by atoms with E-state index in [9.17, 15) is 4.79 Å². The summed E-state index contributed by atoms with van der Waals surface area (Å²) in [4.78, 5) is 12.0. The number of allylic oxidation sites excluding steroid dienone is 1. The maximum atomic E-state index is 12.0. The third-order valence-corrected chi connectivity index (χ3v) is 4.15. The van der Waals surface area contributed by atoms with Gasteiger partial charge in [-0.25, -0.2) is 0 Å². The lowest BCUT2D eigenvalue weighted by Gasteiger charge is -2.14. The maximum absolute atomic E-state index is 12.0. The lowest BCUT2D eigenvalue weighted by molar-refractivity contribution is -0.103. The maximum Gasteiger partial charge on any atom is 0.151 e. The Labute approximate surface area is 143 Å². The molecule has 0 N–H and O–H groups in total. The van der Waals surface area contributed by atoms with Crippen LogP contribution in [0.25, 0.3) is 11.1 Å². The van der Waals surface area contributed by atoms with Crippen molar-refractivity contribution in [2.45, 2.75) is 13.8 Å². The van der Waals surface area contributed by atoms with Gasteiger partial charge >= 0.3 is 0 Å². The smallest absolute Gasteiger partial charge is 0.151 e. The second-order valence-corrected chi connectivity index (χ2v) is 6.00. The van der Waals surface area contributed by atoms with Crippen LogP contribution in [0.4, 0.5) is 0 Å². The number of carbonyl (C=O) groups is 1. The van der Waals surface area contributed by atoms with Crippen molar-refractivity contribution < 1.29 is 4.79 Å². The molecule has 3 rings (SSSR count). The fourth-order valence-electron chi connectivity index (χ4n) is 2.81. The first kappa shape index (κ1) is 15.9. The number of aryl methyl sites for hydroxylation is 2. The third-order valence-electron chi connectivity index (χ3n) is 4.15. The molecule has 0 aromatic heterocycles. The summed E-state index contributed by atoms with van der Waals surface area (Å²) < 4.78 is 0. The van der Waals surface area contributed by atoms with Crippen LogP contribution in [0, 0.1) is 13.8 Å². The van der Waals surface area contributed by atoms with Crippen LogP contribution in [0.3, 0.4) is 0 Å². The van der Waals surface area contributed by atoms with Gasteiger partial charge in [0.1, 0.15) is 0 Å². The molecule has 0 aliphatic carbocycles. The predicted molar refractivity (Wildman–Crippen MR) is 101 cm³/mol. The second-order valence-electron chi connectivity index (χ2n) is 6.00. The molecule has 0 atom stereocenters. The van der Waals surface area contributed by atoms with Gasteiger partial charge in [0, 0.05) is 5.57 Å². The molecule has 118 valence electrons. The number of rotatable bonds is 4. The van der Waals surface area contributed by atoms with Gasteiger partial charge in [-0.15, -0.1) is 0 Å². The zero-order valence-corrected chi connectivity index (χ0v) is 14.0. The number of benzene rings is 3. The fourth-order valence-corrected chi connectivity index (χ4v) is 2.81. The highest BCUT2D eigenvalue weighted by Gasteiger charge is 2.13. The number of aldehydes is 1. The van der Waals surface area contributed by atoms with Gasteiger partial charge in [-0.2, -0.15) is 0 Å². The summed E-state index contributed by atoms with van der Waals surface area (Å²) in [6.07, 6.45) is 0.965. The molecule has 0 radical (unpaired) electrons. The molecule has 3 aromatic carbocycles. The van der Waals surface area contributed by atoms with E-state index in [1.165, 1.54) is 11.1 Å². The first-order valence-corrected chi connectivity index (χ1v) is 8.08. The molecule has 0 saturated heterocycles. The summed E-state index contributed by atoms with van der Waals surface area (Å²) in [5.74, 6) is 0. The van der Waals surface area contributed by atoms with Crippen molar-refractivity contribution >= 4 is 17.4 Å². The largest absolute Gasteiger partial charge is 0.298 e. The summed E-state index contributed by atoms with van der Waals surface area (Å²) >= 11 is 0. The van der Waals surface area contributed by atoms with Gasteiger partial charge < -0.3 is 0 Å². The number of hydrogen-bond acceptors (Lipinski definition) is 1. The molecular formula is C23H20O. The number of hydrogen-bond donors (Lipinski definition) is 0. The van der Waals surface area contributed by atoms with Crippen molar-refractivity contribution in [1.82, 2.24) is 0 Å². The zero-order chi connectivity index (χ0) is 16.9. The van der Waals surface area contributed by atoms with Crippen molar-refractivity contribution in [3.05, 3.63) is 107 Å². The van der Waals surface area contributed by atoms with E-state index in [1.54, 1.807) is 0 Å². The van der Waals surface area contributed by atoms with E-state index >= 15 is 0 Å². The summed E-state index contributed by atoms with van der Waals surface area (Å²) in [6, 6.07) is 26.5. The first-order chi connectivity index (χ1) is 11.7. The highest BCUT2D eigenvalue weighted by atomic mass is 16.1. The van der Waals surface area contributed by atoms with E-state index in [0.717, 1.165) is 28.5 Å². The quantitative estimate of drug-likeness (QED) is 0.355. The number of carbonyl (C=O) groups excluding carboxylic acids is 1. The summed E-state index contributed by atoms with van der Waals surface area (Å²) in [7, 11) is 0. The molecule has 0 fully saturated rings. The molecule has 0 aliphatic heterocycles. The molecule has 0 heterocycles. The summed E-state index contributed by atoms with van der Waals surface area (Å²) in [6.45, 7) is 4.11. The molecule has 0 bridgehead atoms. The normalized spacial score (nSPS) is 11.8. The molecule has 0 aliphatic rings. The fraction of sp³-hybridized carbons (Fsp3) is 0.0870. The molecule has 0 amide bonds. The zero-order valence-electron chi connectivity index (χ0n) is 14.0. The Bertz CT molecular complexity index is 854. The minimum Gasteiger partial charge on any atom is -0.298 e. The first-order valence-electron chi connectivity index (χ1n) is 8.08. The van der Waals surface area contributed by atoms with E-state index in [2.05, 4.69) is 31.2 Å². The molecule has 3 aromatic rings. The molecule has 0 unspecified atom stereocenters. The topological polar surface area (TPSA) is 17.1 Å². The van der Waals surface area contributed by atoms with Gasteiger partial charge in [-0.1, -0.05) is 90.0 Å². The Hall–Kier alpha value is -2.93. The second kappa shape index (κ2) is 7.10. The molecule has 0 saturated carbocycles. The third kappa shape index (κ3) is 3.36. The molecule has 1 heteroatoms. The van der Waals surface area contributed by atoms with Gasteiger partial charge in [0.05, 0.1) is 0 Å². The summed E-state index contributed by atoms with van der Waals surface area (Å²) in [5, 5.41) is 0. The van der Waals surface area contributed by atoms with Gasteiger partial charge in [0.2, 0.25) is 0 Å². The van der Waals surface area contributed by atoms with Crippen LogP contribution in [0.1, 0.15) is 27.8 Å². The highest BCUT2D eigenvalue weighted by Crippen LogP contribution is 2.31. The average molecular weight is 312 g/mol. The Morgan fingerprint density at radius 1 is 0.625 bits per heavy atom. The van der Waals surface area contributed by atoms with Crippen LogP contribution in [0.2, 0.25) is 0 Å². The van der Waals surface area contributed by atoms with E-state index in [0.29, 0.717) is 5.57 Å². The van der Waals surface area contributed by atoms with Crippen molar-refractivity contribution in [1.29, 1.82) is 0 Å². The molecule has 1 nitrogen and oxygen atoms in total. The molecule has 24 heavy (non-hydrogen) atoms. The molecular weight excluding hydrogens is 292 g/mol. The van der Waals surface area contributed by atoms with Crippen molar-refractivity contribution in [2.24, 2.45) is 0 Å². The van der Waals surface area contributed by atoms with Gasteiger partial charge in [-0.05, 0) is 36.1 Å². The standard InChI is InChI=1S/C23H20O/c1-17-8-12-19(13-9-17)22(16-24)23(20-6-4-3-5-7-20)21-14-10-18(2)11-15-21/h3-16H,1-2H3/b23-22+. The Morgan fingerprint density at radius 2 is 1.08 bits per heavy atom. The lowest BCUT2D eigenvalue weighted by atomic mass is 9.89. The monoisotopic (exact) mass is 312 g/mol. The molecule has 0 spiro atoms. The minimum absolute atomic E-state index is 0.713. The minimum atomic E-state index is 0.713. The average Bonchev–Trinajstić information content (AvgIpc) is 2.62. The van der Waals surface area contributed by atoms with E-state index < -0.39 is 0 Å². The van der Waals surface area contributed by atoms with Crippen molar-refractivity contribution in [3.63, 3.8) is 0 Å². The van der Waals surface area contributed by atoms with Crippen molar-refractivity contribution in [3.8, 4) is 0 Å². The van der Waals surface area contributed by atoms with E-state index in [1.807, 2.05) is 61.5 Å². The lowest BCUT2D eigenvalue weighted by Crippen LogP contribution is -1.96. The Kier molecular flexibility index (Phi) is 4.72. The van der Waals surface area contributed by atoms with Crippen LogP contribution in [0.5, 0.6) is 0 Å². The van der Waals surface area contributed by atoms with Crippen LogP contribution in [0.15, 0.2) is 78.9 Å².